The van der Waals surface area contributed by atoms with Crippen LogP contribution in [0.25, 0.3) is 10.9 Å². The smallest absolute Gasteiger partial charge is 0.259 e. The maximum atomic E-state index is 13.9. The van der Waals surface area contributed by atoms with Crippen LogP contribution in [-0.2, 0) is 0 Å². The number of aromatic nitrogens is 1. The average molecular weight is 442 g/mol. The molecule has 9 heteroatoms. The van der Waals surface area contributed by atoms with Gasteiger partial charge < -0.3 is 16.0 Å². The van der Waals surface area contributed by atoms with Crippen molar-refractivity contribution in [3.63, 3.8) is 0 Å². The third-order valence-electron chi connectivity index (χ3n) is 5.46. The van der Waals surface area contributed by atoms with Crippen LogP contribution in [0.3, 0.4) is 0 Å². The van der Waals surface area contributed by atoms with Crippen LogP contribution >= 0.6 is 0 Å². The number of nitrogens with one attached hydrogen (secondary N) is 1. The molecule has 32 heavy (non-hydrogen) atoms. The summed E-state index contributed by atoms with van der Waals surface area (Å²) >= 11 is 0. The summed E-state index contributed by atoms with van der Waals surface area (Å²) in [5.41, 5.74) is 5.82. The van der Waals surface area contributed by atoms with Crippen LogP contribution in [0.2, 0.25) is 0 Å². The standard InChI is InChI=1S/C23H21F3N4O2/c24-18-7-6-15(13-16(18)20(27)31)28-22(32)17-12-14-4-1-2-5-19(14)29-21(17)30-10-3-8-23(25,26)9-11-30/h1-2,4-7,12-13H,3,8-11H2,(H2,27,31)(H,28,32). The topological polar surface area (TPSA) is 88.3 Å². The van der Waals surface area contributed by atoms with Crippen LogP contribution in [-0.4, -0.2) is 35.8 Å². The summed E-state index contributed by atoms with van der Waals surface area (Å²) in [5.74, 6) is -4.77. The first-order valence-electron chi connectivity index (χ1n) is 10.2. The van der Waals surface area contributed by atoms with Gasteiger partial charge in [-0.15, -0.1) is 0 Å². The number of carbonyl (C=O) groups is 2. The molecule has 0 atom stereocenters. The fourth-order valence-electron chi connectivity index (χ4n) is 3.78. The fourth-order valence-corrected chi connectivity index (χ4v) is 3.78. The molecule has 6 nitrogen and oxygen atoms in total. The first-order valence-corrected chi connectivity index (χ1v) is 10.2. The Labute approximate surface area is 182 Å². The maximum Gasteiger partial charge on any atom is 0.259 e. The van der Waals surface area contributed by atoms with Gasteiger partial charge in [0.15, 0.2) is 0 Å². The van der Waals surface area contributed by atoms with E-state index < -0.39 is 23.6 Å². The number of para-hydroxylation sites is 1. The fraction of sp³-hybridized carbons (Fsp3) is 0.261. The van der Waals surface area contributed by atoms with Crippen LogP contribution in [0, 0.1) is 5.82 Å². The minimum absolute atomic E-state index is 0.0565. The third-order valence-corrected chi connectivity index (χ3v) is 5.46. The molecule has 2 amide bonds. The predicted octanol–water partition coefficient (Wildman–Crippen LogP) is 4.35. The lowest BCUT2D eigenvalue weighted by molar-refractivity contribution is -0.0102. The minimum Gasteiger partial charge on any atom is -0.366 e. The van der Waals surface area contributed by atoms with Gasteiger partial charge in [0, 0.05) is 37.0 Å². The summed E-state index contributed by atoms with van der Waals surface area (Å²) in [6, 6.07) is 12.3. The molecule has 1 fully saturated rings. The summed E-state index contributed by atoms with van der Waals surface area (Å²) in [6.45, 7) is 0.393. The second kappa shape index (κ2) is 8.49. The number of carbonyl (C=O) groups excluding carboxylic acids is 2. The van der Waals surface area contributed by atoms with Crippen molar-refractivity contribution in [1.29, 1.82) is 0 Å². The van der Waals surface area contributed by atoms with Crippen LogP contribution in [0.1, 0.15) is 40.0 Å². The van der Waals surface area contributed by atoms with Crippen molar-refractivity contribution >= 4 is 34.2 Å². The van der Waals surface area contributed by atoms with Crippen molar-refractivity contribution in [3.05, 3.63) is 65.5 Å². The monoisotopic (exact) mass is 442 g/mol. The van der Waals surface area contributed by atoms with Gasteiger partial charge in [-0.3, -0.25) is 9.59 Å². The maximum absolute atomic E-state index is 13.9. The van der Waals surface area contributed by atoms with E-state index in [1.165, 1.54) is 6.07 Å². The molecule has 4 rings (SSSR count). The number of pyridine rings is 1. The molecule has 0 bridgehead atoms. The lowest BCUT2D eigenvalue weighted by atomic mass is 10.1. The number of rotatable bonds is 4. The SMILES string of the molecule is NC(=O)c1cc(NC(=O)c2cc3ccccc3nc2N2CCCC(F)(F)CC2)ccc1F. The van der Waals surface area contributed by atoms with E-state index >= 15 is 0 Å². The number of nitrogens with two attached hydrogens (primary N) is 1. The van der Waals surface area contributed by atoms with E-state index in [2.05, 4.69) is 10.3 Å². The van der Waals surface area contributed by atoms with Gasteiger partial charge in [-0.1, -0.05) is 18.2 Å². The van der Waals surface area contributed by atoms with Crippen LogP contribution in [0.15, 0.2) is 48.5 Å². The molecule has 0 unspecified atom stereocenters. The number of alkyl halides is 2. The van der Waals surface area contributed by atoms with Gasteiger partial charge in [0.05, 0.1) is 16.6 Å². The molecule has 3 N–H and O–H groups in total. The van der Waals surface area contributed by atoms with Gasteiger partial charge in [0.1, 0.15) is 11.6 Å². The summed E-state index contributed by atoms with van der Waals surface area (Å²) in [6.07, 6.45) is -0.283. The molecule has 0 radical (unpaired) electrons. The Morgan fingerprint density at radius 2 is 1.81 bits per heavy atom. The van der Waals surface area contributed by atoms with Gasteiger partial charge in [-0.2, -0.15) is 0 Å². The largest absolute Gasteiger partial charge is 0.366 e. The zero-order valence-electron chi connectivity index (χ0n) is 17.1. The zero-order valence-corrected chi connectivity index (χ0v) is 17.1. The Bertz CT molecular complexity index is 1200. The van der Waals surface area contributed by atoms with Crippen LogP contribution in [0.4, 0.5) is 24.7 Å². The summed E-state index contributed by atoms with van der Waals surface area (Å²) in [7, 11) is 0. The second-order valence-corrected chi connectivity index (χ2v) is 7.76. The number of benzene rings is 2. The molecule has 1 saturated heterocycles. The summed E-state index contributed by atoms with van der Waals surface area (Å²) < 4.78 is 41.6. The Hall–Kier alpha value is -3.62. The molecule has 1 aliphatic heterocycles. The number of primary amides is 1. The van der Waals surface area contributed by atoms with Gasteiger partial charge in [0.2, 0.25) is 5.92 Å². The van der Waals surface area contributed by atoms with Crippen LogP contribution in [0.5, 0.6) is 0 Å². The first kappa shape index (κ1) is 21.6. The summed E-state index contributed by atoms with van der Waals surface area (Å²) in [4.78, 5) is 30.9. The number of nitrogens with zero attached hydrogens (tertiary/aromatic N) is 2. The van der Waals surface area contributed by atoms with E-state index in [0.717, 1.165) is 12.1 Å². The number of halogens is 3. The van der Waals surface area contributed by atoms with Crippen molar-refractivity contribution in [1.82, 2.24) is 4.98 Å². The lowest BCUT2D eigenvalue weighted by Gasteiger charge is -2.24. The van der Waals surface area contributed by atoms with E-state index in [4.69, 9.17) is 5.73 Å². The Morgan fingerprint density at radius 3 is 2.59 bits per heavy atom. The Balaban J connectivity index is 1.72. The van der Waals surface area contributed by atoms with Crippen molar-refractivity contribution in [2.75, 3.05) is 23.3 Å². The quantitative estimate of drug-likeness (QED) is 0.629. The second-order valence-electron chi connectivity index (χ2n) is 7.76. The van der Waals surface area contributed by atoms with E-state index in [1.54, 1.807) is 35.2 Å². The van der Waals surface area contributed by atoms with E-state index in [0.29, 0.717) is 23.3 Å². The normalized spacial score (nSPS) is 15.9. The molecule has 0 saturated carbocycles. The minimum atomic E-state index is -2.76. The van der Waals surface area contributed by atoms with Crippen molar-refractivity contribution in [3.8, 4) is 0 Å². The Kier molecular flexibility index (Phi) is 5.73. The molecule has 1 aromatic heterocycles. The zero-order chi connectivity index (χ0) is 22.9. The van der Waals surface area contributed by atoms with Gasteiger partial charge in [-0.25, -0.2) is 18.2 Å². The molecule has 2 aromatic carbocycles. The van der Waals surface area contributed by atoms with Crippen molar-refractivity contribution in [2.24, 2.45) is 5.73 Å². The van der Waals surface area contributed by atoms with E-state index in [9.17, 15) is 22.8 Å². The lowest BCUT2D eigenvalue weighted by Crippen LogP contribution is -2.29. The molecular weight excluding hydrogens is 421 g/mol. The summed E-state index contributed by atoms with van der Waals surface area (Å²) in [5, 5.41) is 3.34. The molecule has 0 aliphatic carbocycles. The van der Waals surface area contributed by atoms with Crippen LogP contribution < -0.4 is 16.0 Å². The first-order chi connectivity index (χ1) is 15.2. The Morgan fingerprint density at radius 1 is 1.03 bits per heavy atom. The molecule has 2 heterocycles. The third kappa shape index (κ3) is 4.51. The van der Waals surface area contributed by atoms with Gasteiger partial charge >= 0.3 is 0 Å². The number of hydrogen-bond acceptors (Lipinski definition) is 4. The van der Waals surface area contributed by atoms with E-state index in [-0.39, 0.29) is 42.6 Å². The number of anilines is 2. The van der Waals surface area contributed by atoms with Crippen molar-refractivity contribution < 1.29 is 22.8 Å². The molecule has 1 aliphatic rings. The van der Waals surface area contributed by atoms with Gasteiger partial charge in [0.25, 0.3) is 11.8 Å². The van der Waals surface area contributed by atoms with E-state index in [1.807, 2.05) is 0 Å². The number of fused-ring (bicyclic) bond motifs is 1. The van der Waals surface area contributed by atoms with Gasteiger partial charge in [-0.05, 0) is 36.8 Å². The molecule has 0 spiro atoms. The molecular formula is C23H21F3N4O2. The highest BCUT2D eigenvalue weighted by molar-refractivity contribution is 6.10. The number of hydrogen-bond donors (Lipinski definition) is 2. The highest BCUT2D eigenvalue weighted by Gasteiger charge is 2.33. The molecule has 166 valence electrons. The number of amides is 2. The predicted molar refractivity (Wildman–Crippen MR) is 116 cm³/mol. The highest BCUT2D eigenvalue weighted by atomic mass is 19.3. The highest BCUT2D eigenvalue weighted by Crippen LogP contribution is 2.32. The molecule has 3 aromatic rings. The van der Waals surface area contributed by atoms with Crippen molar-refractivity contribution in [2.45, 2.75) is 25.2 Å². The average Bonchev–Trinajstić information content (AvgIpc) is 2.94.